The van der Waals surface area contributed by atoms with E-state index in [9.17, 15) is 10.4 Å². The number of pyridine rings is 1. The van der Waals surface area contributed by atoms with Crippen molar-refractivity contribution in [1.82, 2.24) is 20.3 Å². The molecule has 0 saturated carbocycles. The second-order valence-corrected chi connectivity index (χ2v) is 7.05. The normalized spacial score (nSPS) is 15.8. The van der Waals surface area contributed by atoms with Gasteiger partial charge in [-0.1, -0.05) is 11.8 Å². The van der Waals surface area contributed by atoms with E-state index in [2.05, 4.69) is 42.7 Å². The summed E-state index contributed by atoms with van der Waals surface area (Å²) >= 11 is 0. The van der Waals surface area contributed by atoms with E-state index in [0.29, 0.717) is 23.7 Å². The van der Waals surface area contributed by atoms with E-state index in [0.717, 1.165) is 18.7 Å². The van der Waals surface area contributed by atoms with Crippen molar-refractivity contribution in [1.29, 1.82) is 5.26 Å². The van der Waals surface area contributed by atoms with E-state index >= 15 is 0 Å². The molecule has 0 aliphatic carbocycles. The predicted molar refractivity (Wildman–Crippen MR) is 109 cm³/mol. The van der Waals surface area contributed by atoms with Gasteiger partial charge in [0.15, 0.2) is 5.82 Å². The van der Waals surface area contributed by atoms with Crippen LogP contribution in [0.3, 0.4) is 0 Å². The lowest BCUT2D eigenvalue weighted by Gasteiger charge is -2.14. The number of ether oxygens (including phenoxy) is 1. The van der Waals surface area contributed by atoms with Crippen molar-refractivity contribution in [2.45, 2.75) is 32.0 Å². The lowest BCUT2D eigenvalue weighted by Crippen LogP contribution is -2.21. The highest BCUT2D eigenvalue weighted by Gasteiger charge is 2.19. The number of anilines is 3. The molecule has 1 unspecified atom stereocenters. The molecule has 2 aromatic heterocycles. The van der Waals surface area contributed by atoms with Crippen molar-refractivity contribution in [3.63, 3.8) is 0 Å². The van der Waals surface area contributed by atoms with Crippen LogP contribution in [0.1, 0.15) is 31.5 Å². The van der Waals surface area contributed by atoms with Crippen LogP contribution in [0.5, 0.6) is 5.88 Å². The average Bonchev–Trinajstić information content (AvgIpc) is 3.19. The van der Waals surface area contributed by atoms with Gasteiger partial charge in [-0.3, -0.25) is 0 Å². The smallest absolute Gasteiger partial charge is 0.253 e. The molecule has 0 amide bonds. The molecule has 1 fully saturated rings. The topological polar surface area (TPSA) is 128 Å². The van der Waals surface area contributed by atoms with Crippen molar-refractivity contribution in [2.75, 3.05) is 30.8 Å². The average molecular weight is 393 g/mol. The van der Waals surface area contributed by atoms with Crippen LogP contribution in [0, 0.1) is 23.2 Å². The summed E-state index contributed by atoms with van der Waals surface area (Å²) in [4.78, 5) is 12.8. The quantitative estimate of drug-likeness (QED) is 0.557. The highest BCUT2D eigenvalue weighted by molar-refractivity contribution is 5.65. The predicted octanol–water partition coefficient (Wildman–Crippen LogP) is 1.39. The molecule has 150 valence electrons. The standard InChI is InChI=1S/C20H23N7O2/c1-20(2,28)6-4-13-10-25-17(8-15(13)22-3)26-18-12-24-16(9-21)19(27-18)29-14-5-7-23-11-14/h8,10,12,14,23,28H,5,7,11H2,1-3H3,(H2,22,25,26,27). The number of hydrogen-bond donors (Lipinski definition) is 4. The molecule has 1 saturated heterocycles. The minimum atomic E-state index is -1.09. The van der Waals surface area contributed by atoms with Gasteiger partial charge in [0.05, 0.1) is 17.4 Å². The van der Waals surface area contributed by atoms with Crippen LogP contribution in [-0.4, -0.2) is 51.9 Å². The SMILES string of the molecule is CNc1cc(Nc2cnc(C#N)c(OC3CCNC3)n2)ncc1C#CC(C)(C)O. The van der Waals surface area contributed by atoms with E-state index in [1.807, 2.05) is 6.07 Å². The first-order chi connectivity index (χ1) is 13.9. The number of nitrogens with zero attached hydrogens (tertiary/aromatic N) is 4. The molecule has 9 heteroatoms. The summed E-state index contributed by atoms with van der Waals surface area (Å²) < 4.78 is 5.83. The molecule has 3 rings (SSSR count). The maximum Gasteiger partial charge on any atom is 0.253 e. The lowest BCUT2D eigenvalue weighted by molar-refractivity contribution is 0.143. The number of nitriles is 1. The zero-order chi connectivity index (χ0) is 20.9. The van der Waals surface area contributed by atoms with E-state index in [-0.39, 0.29) is 17.7 Å². The highest BCUT2D eigenvalue weighted by atomic mass is 16.5. The van der Waals surface area contributed by atoms with Gasteiger partial charge in [-0.25, -0.2) is 9.97 Å². The van der Waals surface area contributed by atoms with Crippen LogP contribution < -0.4 is 20.7 Å². The Hall–Kier alpha value is -3.40. The molecule has 0 spiro atoms. The molecule has 0 radical (unpaired) electrons. The van der Waals surface area contributed by atoms with Gasteiger partial charge in [-0.05, 0) is 26.8 Å². The minimum Gasteiger partial charge on any atom is -0.471 e. The summed E-state index contributed by atoms with van der Waals surface area (Å²) in [7, 11) is 1.78. The number of hydrogen-bond acceptors (Lipinski definition) is 9. The summed E-state index contributed by atoms with van der Waals surface area (Å²) in [5.41, 5.74) is 0.451. The van der Waals surface area contributed by atoms with Crippen molar-refractivity contribution >= 4 is 17.3 Å². The molecule has 9 nitrogen and oxygen atoms in total. The lowest BCUT2D eigenvalue weighted by atomic mass is 10.1. The van der Waals surface area contributed by atoms with Crippen LogP contribution in [0.25, 0.3) is 0 Å². The van der Waals surface area contributed by atoms with E-state index in [4.69, 9.17) is 4.74 Å². The van der Waals surface area contributed by atoms with Crippen LogP contribution in [-0.2, 0) is 0 Å². The van der Waals surface area contributed by atoms with Gasteiger partial charge < -0.3 is 25.8 Å². The van der Waals surface area contributed by atoms with Crippen LogP contribution >= 0.6 is 0 Å². The van der Waals surface area contributed by atoms with Crippen LogP contribution in [0.4, 0.5) is 17.3 Å². The van der Waals surface area contributed by atoms with Gasteiger partial charge in [-0.2, -0.15) is 10.2 Å². The van der Waals surface area contributed by atoms with Gasteiger partial charge in [0, 0.05) is 25.9 Å². The summed E-state index contributed by atoms with van der Waals surface area (Å²) in [6.45, 7) is 4.82. The number of aliphatic hydroxyl groups is 1. The molecule has 0 bridgehead atoms. The molecular formula is C20H23N7O2. The zero-order valence-electron chi connectivity index (χ0n) is 16.6. The van der Waals surface area contributed by atoms with Crippen molar-refractivity contribution in [3.05, 3.63) is 29.7 Å². The van der Waals surface area contributed by atoms with Gasteiger partial charge in [-0.15, -0.1) is 0 Å². The molecule has 2 aromatic rings. The summed E-state index contributed by atoms with van der Waals surface area (Å²) in [5.74, 6) is 6.82. The Bertz CT molecular complexity index is 977. The van der Waals surface area contributed by atoms with E-state index < -0.39 is 5.60 Å². The third-order valence-electron chi connectivity index (χ3n) is 4.07. The summed E-state index contributed by atoms with van der Waals surface area (Å²) in [6, 6.07) is 3.78. The van der Waals surface area contributed by atoms with Crippen molar-refractivity contribution < 1.29 is 9.84 Å². The van der Waals surface area contributed by atoms with Crippen LogP contribution in [0.2, 0.25) is 0 Å². The maximum absolute atomic E-state index is 9.78. The Morgan fingerprint density at radius 3 is 2.79 bits per heavy atom. The highest BCUT2D eigenvalue weighted by Crippen LogP contribution is 2.23. The number of nitrogens with one attached hydrogen (secondary N) is 3. The first kappa shape index (κ1) is 20.3. The molecule has 1 aliphatic rings. The Kier molecular flexibility index (Phi) is 6.13. The Labute approximate surface area is 169 Å². The molecule has 0 aromatic carbocycles. The van der Waals surface area contributed by atoms with Crippen LogP contribution in [0.15, 0.2) is 18.5 Å². The first-order valence-electron chi connectivity index (χ1n) is 9.23. The van der Waals surface area contributed by atoms with Gasteiger partial charge in [0.2, 0.25) is 5.69 Å². The maximum atomic E-state index is 9.78. The van der Waals surface area contributed by atoms with Gasteiger partial charge >= 0.3 is 0 Å². The molecule has 3 heterocycles. The zero-order valence-corrected chi connectivity index (χ0v) is 16.6. The largest absolute Gasteiger partial charge is 0.471 e. The Balaban J connectivity index is 1.81. The fourth-order valence-corrected chi connectivity index (χ4v) is 2.66. The van der Waals surface area contributed by atoms with E-state index in [1.54, 1.807) is 33.2 Å². The second-order valence-electron chi connectivity index (χ2n) is 7.05. The number of rotatable bonds is 5. The second kappa shape index (κ2) is 8.74. The van der Waals surface area contributed by atoms with Crippen molar-refractivity contribution in [2.24, 2.45) is 0 Å². The Morgan fingerprint density at radius 2 is 2.14 bits per heavy atom. The number of aromatic nitrogens is 3. The molecule has 4 N–H and O–H groups in total. The third kappa shape index (κ3) is 5.55. The van der Waals surface area contributed by atoms with Crippen molar-refractivity contribution in [3.8, 4) is 23.8 Å². The Morgan fingerprint density at radius 1 is 1.31 bits per heavy atom. The van der Waals surface area contributed by atoms with Gasteiger partial charge in [0.25, 0.3) is 5.88 Å². The molecule has 1 aliphatic heterocycles. The first-order valence-corrected chi connectivity index (χ1v) is 9.23. The monoisotopic (exact) mass is 393 g/mol. The fourth-order valence-electron chi connectivity index (χ4n) is 2.66. The molecular weight excluding hydrogens is 370 g/mol. The summed E-state index contributed by atoms with van der Waals surface area (Å²) in [5, 5.41) is 28.4. The molecule has 29 heavy (non-hydrogen) atoms. The fraction of sp³-hybridized carbons (Fsp3) is 0.400. The summed E-state index contributed by atoms with van der Waals surface area (Å²) in [6.07, 6.45) is 3.88. The molecule has 1 atom stereocenters. The van der Waals surface area contributed by atoms with Gasteiger partial charge in [0.1, 0.15) is 23.6 Å². The minimum absolute atomic E-state index is 0.0331. The third-order valence-corrected chi connectivity index (χ3v) is 4.07. The van der Waals surface area contributed by atoms with E-state index in [1.165, 1.54) is 6.20 Å².